The first-order valence-electron chi connectivity index (χ1n) is 23.2. The fourth-order valence-electron chi connectivity index (χ4n) is 7.92. The van der Waals surface area contributed by atoms with Gasteiger partial charge in [0.2, 0.25) is 6.10 Å². The smallest absolute Gasteiger partial charge is 0.355 e. The number of anilines is 1. The number of methoxy groups -OCH3 is 2. The molecule has 1 aliphatic heterocycles. The third kappa shape index (κ3) is 13.6. The minimum atomic E-state index is -2.00. The molecule has 0 aliphatic carbocycles. The van der Waals surface area contributed by atoms with Gasteiger partial charge in [-0.25, -0.2) is 14.3 Å². The average molecular weight is 993 g/mol. The monoisotopic (exact) mass is 992 g/mol. The first kappa shape index (κ1) is 53.6. The van der Waals surface area contributed by atoms with Crippen molar-refractivity contribution in [3.8, 4) is 23.3 Å². The lowest BCUT2D eigenvalue weighted by Gasteiger charge is -2.39. The SMILES string of the molecule is CCOC(=O)/C(C)=N/O[C@@H]1[C@H](OP(OCCC#N)N(C(C)C)C(C)C)[C@@H](COC(c2ccccc2)(c2ccc(OC)cc2)c2ccc(OC)cc2)O[C@H]1n1ccc(NC(=O)COc2ccccc2)nc1=O. The number of hydrogen-bond donors (Lipinski definition) is 1. The van der Waals surface area contributed by atoms with Crippen LogP contribution in [-0.2, 0) is 43.3 Å². The van der Waals surface area contributed by atoms with E-state index in [-0.39, 0.29) is 56.5 Å². The molecule has 5 atom stereocenters. The Hall–Kier alpha value is -6.71. The largest absolute Gasteiger partial charge is 0.497 e. The van der Waals surface area contributed by atoms with E-state index in [9.17, 15) is 19.6 Å². The highest BCUT2D eigenvalue weighted by Crippen LogP contribution is 2.51. The molecule has 2 heterocycles. The van der Waals surface area contributed by atoms with Gasteiger partial charge >= 0.3 is 11.7 Å². The standard InChI is InChI=1S/C52H61N6O12P/c1-9-64-50(60)37(6)56-69-48-47(70-71(67-32-16-30-53)58(35(2)3)36(4)5)44(68-49(48)57-31-29-45(55-51(57)61)54-46(59)34-65-43-19-14-11-15-20-43)33-66-52(38-17-12-10-13-18-38,39-21-25-41(62-7)26-22-39)40-23-27-42(63-8)28-24-40/h10-15,17-29,31,35-36,44,47-49H,9,16,32-34H2,1-8H3,(H,54,55,59,61)/b56-37+/t44-,47-,48-,49-,71?/m1/s1. The third-order valence-electron chi connectivity index (χ3n) is 11.2. The van der Waals surface area contributed by atoms with Crippen LogP contribution in [0, 0.1) is 11.3 Å². The van der Waals surface area contributed by atoms with E-state index in [1.165, 1.54) is 23.8 Å². The van der Waals surface area contributed by atoms with Crippen LogP contribution in [0.25, 0.3) is 0 Å². The minimum absolute atomic E-state index is 0.0426. The number of hydrogen-bond acceptors (Lipinski definition) is 16. The van der Waals surface area contributed by atoms with Gasteiger partial charge in [-0.05, 0) is 101 Å². The van der Waals surface area contributed by atoms with Gasteiger partial charge in [0.05, 0.1) is 46.5 Å². The van der Waals surface area contributed by atoms with Gasteiger partial charge in [0.15, 0.2) is 18.5 Å². The number of nitrogens with zero attached hydrogens (tertiary/aromatic N) is 5. The topological polar surface area (TPSA) is 204 Å². The molecular formula is C52H61N6O12P. The molecule has 1 amide bonds. The van der Waals surface area contributed by atoms with Crippen LogP contribution in [0.15, 0.2) is 131 Å². The number of carbonyl (C=O) groups is 2. The molecule has 1 N–H and O–H groups in total. The molecule has 0 saturated carbocycles. The lowest BCUT2D eigenvalue weighted by molar-refractivity contribution is -0.135. The molecular weight excluding hydrogens is 932 g/mol. The van der Waals surface area contributed by atoms with Crippen molar-refractivity contribution in [3.05, 3.63) is 149 Å². The number of para-hydroxylation sites is 1. The zero-order chi connectivity index (χ0) is 50.9. The summed E-state index contributed by atoms with van der Waals surface area (Å²) in [6, 6.07) is 36.9. The van der Waals surface area contributed by atoms with Crippen LogP contribution in [0.4, 0.5) is 5.82 Å². The molecule has 376 valence electrons. The molecule has 1 saturated heterocycles. The van der Waals surface area contributed by atoms with Crippen molar-refractivity contribution in [2.45, 2.75) is 90.2 Å². The van der Waals surface area contributed by atoms with E-state index in [0.717, 1.165) is 16.7 Å². The molecule has 0 spiro atoms. The van der Waals surface area contributed by atoms with Gasteiger partial charge in [0.1, 0.15) is 40.9 Å². The zero-order valence-electron chi connectivity index (χ0n) is 41.1. The molecule has 4 aromatic carbocycles. The number of nitriles is 1. The number of carbonyl (C=O) groups excluding carboxylic acids is 2. The summed E-state index contributed by atoms with van der Waals surface area (Å²) in [5, 5.41) is 16.4. The number of oxime groups is 1. The van der Waals surface area contributed by atoms with Crippen LogP contribution in [0.3, 0.4) is 0 Å². The summed E-state index contributed by atoms with van der Waals surface area (Å²) in [7, 11) is 1.19. The maximum absolute atomic E-state index is 14.2. The van der Waals surface area contributed by atoms with Gasteiger partial charge in [-0.2, -0.15) is 10.2 Å². The highest BCUT2D eigenvalue weighted by molar-refractivity contribution is 7.44. The van der Waals surface area contributed by atoms with Gasteiger partial charge < -0.3 is 47.6 Å². The number of ether oxygens (including phenoxy) is 6. The highest BCUT2D eigenvalue weighted by atomic mass is 31.2. The Balaban J connectivity index is 1.48. The number of aromatic nitrogens is 2. The lowest BCUT2D eigenvalue weighted by atomic mass is 9.80. The quantitative estimate of drug-likeness (QED) is 0.0146. The van der Waals surface area contributed by atoms with Gasteiger partial charge in [0, 0.05) is 18.3 Å². The number of benzene rings is 4. The Morgan fingerprint density at radius 2 is 1.45 bits per heavy atom. The molecule has 0 radical (unpaired) electrons. The normalized spacial score (nSPS) is 17.4. The lowest BCUT2D eigenvalue weighted by Crippen LogP contribution is -2.43. The van der Waals surface area contributed by atoms with Crippen LogP contribution in [0.5, 0.6) is 17.2 Å². The zero-order valence-corrected chi connectivity index (χ0v) is 42.0. The molecule has 5 aromatic rings. The van der Waals surface area contributed by atoms with E-state index < -0.39 is 56.2 Å². The fraction of sp³-hybridized carbons (Fsp3) is 0.385. The van der Waals surface area contributed by atoms with Crippen LogP contribution in [0.1, 0.15) is 70.9 Å². The van der Waals surface area contributed by atoms with Crippen LogP contribution < -0.4 is 25.2 Å². The second-order valence-electron chi connectivity index (χ2n) is 16.6. The molecule has 0 bridgehead atoms. The van der Waals surface area contributed by atoms with Crippen molar-refractivity contribution >= 4 is 31.9 Å². The van der Waals surface area contributed by atoms with Gasteiger partial charge in [-0.1, -0.05) is 78.0 Å². The Bertz CT molecular complexity index is 2560. The molecule has 1 aliphatic rings. The van der Waals surface area contributed by atoms with Crippen molar-refractivity contribution in [2.24, 2.45) is 5.16 Å². The number of nitrogens with one attached hydrogen (secondary N) is 1. The van der Waals surface area contributed by atoms with Crippen molar-refractivity contribution in [2.75, 3.05) is 46.0 Å². The van der Waals surface area contributed by atoms with E-state index in [0.29, 0.717) is 17.2 Å². The second-order valence-corrected chi connectivity index (χ2v) is 18.0. The Labute approximate surface area is 415 Å². The average Bonchev–Trinajstić information content (AvgIpc) is 3.71. The number of esters is 1. The summed E-state index contributed by atoms with van der Waals surface area (Å²) in [5.74, 6) is 0.438. The number of amides is 1. The van der Waals surface area contributed by atoms with Crippen molar-refractivity contribution < 1.29 is 51.9 Å². The summed E-state index contributed by atoms with van der Waals surface area (Å²) in [6.45, 7) is 10.7. The molecule has 71 heavy (non-hydrogen) atoms. The first-order valence-corrected chi connectivity index (χ1v) is 24.3. The molecule has 19 heteroatoms. The third-order valence-corrected chi connectivity index (χ3v) is 13.3. The van der Waals surface area contributed by atoms with Crippen LogP contribution >= 0.6 is 8.53 Å². The summed E-state index contributed by atoms with van der Waals surface area (Å²) >= 11 is 0. The Morgan fingerprint density at radius 1 is 0.859 bits per heavy atom. The molecule has 1 unspecified atom stereocenters. The predicted octanol–water partition coefficient (Wildman–Crippen LogP) is 8.17. The van der Waals surface area contributed by atoms with E-state index in [4.69, 9.17) is 42.3 Å². The van der Waals surface area contributed by atoms with E-state index >= 15 is 0 Å². The van der Waals surface area contributed by atoms with Gasteiger partial charge in [-0.3, -0.25) is 9.36 Å². The van der Waals surface area contributed by atoms with E-state index in [1.54, 1.807) is 45.4 Å². The van der Waals surface area contributed by atoms with Gasteiger partial charge in [-0.15, -0.1) is 0 Å². The molecule has 1 fully saturated rings. The first-order chi connectivity index (χ1) is 34.3. The van der Waals surface area contributed by atoms with E-state index in [1.807, 2.05) is 117 Å². The maximum atomic E-state index is 14.2. The Kier molecular flexibility index (Phi) is 19.6. The van der Waals surface area contributed by atoms with Gasteiger partial charge in [0.25, 0.3) is 14.4 Å². The van der Waals surface area contributed by atoms with E-state index in [2.05, 4.69) is 21.5 Å². The summed E-state index contributed by atoms with van der Waals surface area (Å²) in [5.41, 5.74) is -0.0195. The predicted molar refractivity (Wildman–Crippen MR) is 266 cm³/mol. The minimum Gasteiger partial charge on any atom is -0.497 e. The van der Waals surface area contributed by atoms with Crippen molar-refractivity contribution in [3.63, 3.8) is 0 Å². The highest BCUT2D eigenvalue weighted by Gasteiger charge is 2.53. The summed E-state index contributed by atoms with van der Waals surface area (Å²) in [6.07, 6.45) is -3.39. The summed E-state index contributed by atoms with van der Waals surface area (Å²) < 4.78 is 52.9. The van der Waals surface area contributed by atoms with Crippen molar-refractivity contribution in [1.82, 2.24) is 14.2 Å². The number of rotatable bonds is 25. The molecule has 1 aromatic heterocycles. The molecule has 6 rings (SSSR count). The fourth-order valence-corrected chi connectivity index (χ4v) is 9.69. The molecule has 18 nitrogen and oxygen atoms in total. The second kappa shape index (κ2) is 25.9. The Morgan fingerprint density at radius 3 is 2.00 bits per heavy atom. The summed E-state index contributed by atoms with van der Waals surface area (Å²) in [4.78, 5) is 50.6. The van der Waals surface area contributed by atoms with Crippen LogP contribution in [0.2, 0.25) is 0 Å². The van der Waals surface area contributed by atoms with Crippen LogP contribution in [-0.4, -0.2) is 103 Å². The maximum Gasteiger partial charge on any atom is 0.355 e. The van der Waals surface area contributed by atoms with Crippen molar-refractivity contribution in [1.29, 1.82) is 5.26 Å².